The maximum Gasteiger partial charge on any atom is -0.00533 e. The molecule has 2 heteroatoms. The van der Waals surface area contributed by atoms with E-state index in [1.165, 1.54) is 38.3 Å². The normalized spacial score (nSPS) is 11.9. The highest BCUT2D eigenvalue weighted by molar-refractivity contribution is 8.18. The Morgan fingerprint density at radius 3 is 1.44 bits per heavy atom. The van der Waals surface area contributed by atoms with E-state index >= 15 is 0 Å². The summed E-state index contributed by atoms with van der Waals surface area (Å²) < 4.78 is 0. The lowest BCUT2D eigenvalue weighted by atomic mass is 10.2. The van der Waals surface area contributed by atoms with Gasteiger partial charge in [0.1, 0.15) is 0 Å². The van der Waals surface area contributed by atoms with Gasteiger partial charge in [-0.1, -0.05) is 62.4 Å². The Kier molecular flexibility index (Phi) is 5.36. The molecule has 0 spiro atoms. The van der Waals surface area contributed by atoms with Gasteiger partial charge in [0.25, 0.3) is 0 Å². The van der Waals surface area contributed by atoms with E-state index in [4.69, 9.17) is 0 Å². The van der Waals surface area contributed by atoms with Gasteiger partial charge in [0.15, 0.2) is 0 Å². The van der Waals surface area contributed by atoms with Gasteiger partial charge in [0.2, 0.25) is 0 Å². The molecular formula is C16H18P2. The smallest absolute Gasteiger partial charge is 0.00533 e. The Labute approximate surface area is 114 Å². The Bertz CT molecular complexity index is 458. The Hall–Kier alpha value is -0.700. The minimum absolute atomic E-state index is 1.12. The second-order valence-corrected chi connectivity index (χ2v) is 6.73. The number of hydrogen-bond donors (Lipinski definition) is 0. The molecule has 92 valence electrons. The van der Waals surface area contributed by atoms with Crippen LogP contribution in [0.1, 0.15) is 25.0 Å². The van der Waals surface area contributed by atoms with Crippen LogP contribution in [0.15, 0.2) is 48.5 Å². The van der Waals surface area contributed by atoms with Gasteiger partial charge in [-0.05, 0) is 51.1 Å². The van der Waals surface area contributed by atoms with Crippen molar-refractivity contribution in [2.24, 2.45) is 0 Å². The van der Waals surface area contributed by atoms with Crippen molar-refractivity contribution in [2.75, 3.05) is 0 Å². The highest BCUT2D eigenvalue weighted by Gasteiger charge is 2.04. The van der Waals surface area contributed by atoms with Crippen molar-refractivity contribution in [3.63, 3.8) is 0 Å². The maximum atomic E-state index is 2.25. The lowest BCUT2D eigenvalue weighted by Gasteiger charge is -2.08. The third-order valence-corrected chi connectivity index (χ3v) is 6.01. The second kappa shape index (κ2) is 7.03. The fraction of sp³-hybridized carbons (Fsp3) is 0.250. The van der Waals surface area contributed by atoms with Crippen LogP contribution in [0.2, 0.25) is 0 Å². The zero-order chi connectivity index (χ0) is 12.8. The first-order valence-electron chi connectivity index (χ1n) is 6.42. The lowest BCUT2D eigenvalue weighted by Crippen LogP contribution is -2.04. The van der Waals surface area contributed by atoms with Crippen molar-refractivity contribution in [1.29, 1.82) is 0 Å². The van der Waals surface area contributed by atoms with E-state index in [0.717, 1.165) is 12.8 Å². The molecule has 0 aromatic heterocycles. The summed E-state index contributed by atoms with van der Waals surface area (Å²) in [5, 5.41) is 2.93. The minimum Gasteiger partial charge on any atom is -0.0619 e. The lowest BCUT2D eigenvalue weighted by molar-refractivity contribution is 1.15. The molecule has 0 heterocycles. The predicted molar refractivity (Wildman–Crippen MR) is 84.7 cm³/mol. The molecule has 2 aromatic carbocycles. The molecule has 2 rings (SSSR count). The van der Waals surface area contributed by atoms with Crippen molar-refractivity contribution < 1.29 is 0 Å². The van der Waals surface area contributed by atoms with Crippen molar-refractivity contribution in [3.05, 3.63) is 59.7 Å². The van der Waals surface area contributed by atoms with Gasteiger partial charge in [-0.2, -0.15) is 0 Å². The maximum absolute atomic E-state index is 2.25. The third kappa shape index (κ3) is 3.41. The van der Waals surface area contributed by atoms with Gasteiger partial charge in [-0.3, -0.25) is 0 Å². The van der Waals surface area contributed by atoms with E-state index in [1.807, 2.05) is 0 Å². The summed E-state index contributed by atoms with van der Waals surface area (Å²) in [7, 11) is 2.79. The molecule has 0 amide bonds. The van der Waals surface area contributed by atoms with E-state index in [-0.39, 0.29) is 0 Å². The third-order valence-electron chi connectivity index (χ3n) is 3.01. The van der Waals surface area contributed by atoms with Gasteiger partial charge in [-0.15, -0.1) is 0 Å². The molecule has 2 aromatic rings. The fourth-order valence-corrected chi connectivity index (χ4v) is 4.98. The van der Waals surface area contributed by atoms with Crippen molar-refractivity contribution in [2.45, 2.75) is 26.7 Å². The Morgan fingerprint density at radius 1 is 0.667 bits per heavy atom. The van der Waals surface area contributed by atoms with Crippen molar-refractivity contribution in [1.82, 2.24) is 0 Å². The van der Waals surface area contributed by atoms with E-state index in [9.17, 15) is 0 Å². The van der Waals surface area contributed by atoms with Gasteiger partial charge in [0, 0.05) is 0 Å². The first-order valence-corrected chi connectivity index (χ1v) is 8.92. The average Bonchev–Trinajstić information content (AvgIpc) is 2.45. The van der Waals surface area contributed by atoms with Gasteiger partial charge in [0.05, 0.1) is 0 Å². The molecule has 0 aliphatic carbocycles. The first kappa shape index (κ1) is 13.7. The predicted octanol–water partition coefficient (Wildman–Crippen LogP) is 4.57. The summed E-state index contributed by atoms with van der Waals surface area (Å²) in [6, 6.07) is 17.5. The number of benzene rings is 2. The standard InChI is InChI=1S/C16H18P2/c1-3-13-9-5-7-11-15(13)17-18-16-12-8-6-10-14(16)4-2/h5-12H,3-4H2,1-2H3. The van der Waals surface area contributed by atoms with Crippen LogP contribution in [-0.2, 0) is 12.8 Å². The molecule has 0 N–H and O–H groups in total. The van der Waals surface area contributed by atoms with Crippen molar-refractivity contribution >= 4 is 27.1 Å². The van der Waals surface area contributed by atoms with E-state index in [1.54, 1.807) is 0 Å². The van der Waals surface area contributed by atoms with E-state index < -0.39 is 0 Å². The average molecular weight is 272 g/mol. The van der Waals surface area contributed by atoms with Crippen LogP contribution in [0.4, 0.5) is 0 Å². The van der Waals surface area contributed by atoms with Crippen LogP contribution in [0.5, 0.6) is 0 Å². The zero-order valence-electron chi connectivity index (χ0n) is 10.9. The summed E-state index contributed by atoms with van der Waals surface area (Å²) in [5.74, 6) is 0. The van der Waals surface area contributed by atoms with E-state index in [2.05, 4.69) is 62.4 Å². The van der Waals surface area contributed by atoms with Crippen LogP contribution in [0, 0.1) is 0 Å². The van der Waals surface area contributed by atoms with Crippen LogP contribution in [0.3, 0.4) is 0 Å². The Balaban J connectivity index is 2.11. The van der Waals surface area contributed by atoms with E-state index in [0.29, 0.717) is 0 Å². The number of rotatable bonds is 5. The molecule has 0 atom stereocenters. The summed E-state index contributed by atoms with van der Waals surface area (Å²) >= 11 is 0. The molecule has 2 radical (unpaired) electrons. The van der Waals surface area contributed by atoms with Crippen molar-refractivity contribution in [3.8, 4) is 0 Å². The zero-order valence-corrected chi connectivity index (χ0v) is 12.7. The summed E-state index contributed by atoms with van der Waals surface area (Å²) in [5.41, 5.74) is 2.95. The Morgan fingerprint density at radius 2 is 1.06 bits per heavy atom. The molecule has 0 saturated carbocycles. The number of hydrogen-bond acceptors (Lipinski definition) is 0. The molecule has 0 aliphatic rings. The van der Waals surface area contributed by atoms with Crippen LogP contribution < -0.4 is 10.6 Å². The minimum atomic E-state index is 1.12. The van der Waals surface area contributed by atoms with Gasteiger partial charge < -0.3 is 0 Å². The highest BCUT2D eigenvalue weighted by Crippen LogP contribution is 2.36. The number of aryl methyl sites for hydroxylation is 2. The van der Waals surface area contributed by atoms with Crippen LogP contribution >= 0.6 is 16.5 Å². The molecule has 0 fully saturated rings. The van der Waals surface area contributed by atoms with Crippen LogP contribution in [0.25, 0.3) is 0 Å². The summed E-state index contributed by atoms with van der Waals surface area (Å²) in [4.78, 5) is 0. The second-order valence-electron chi connectivity index (χ2n) is 4.16. The summed E-state index contributed by atoms with van der Waals surface area (Å²) in [6.07, 6.45) is 2.24. The fourth-order valence-electron chi connectivity index (χ4n) is 1.92. The highest BCUT2D eigenvalue weighted by atomic mass is 32.0. The van der Waals surface area contributed by atoms with Gasteiger partial charge >= 0.3 is 0 Å². The van der Waals surface area contributed by atoms with Crippen LogP contribution in [-0.4, -0.2) is 0 Å². The quantitative estimate of drug-likeness (QED) is 0.699. The molecule has 0 nitrogen and oxygen atoms in total. The molecule has 0 bridgehead atoms. The molecular weight excluding hydrogens is 254 g/mol. The molecule has 0 aliphatic heterocycles. The largest absolute Gasteiger partial charge is 0.0619 e. The summed E-state index contributed by atoms with van der Waals surface area (Å²) in [6.45, 7) is 4.45. The molecule has 0 saturated heterocycles. The molecule has 18 heavy (non-hydrogen) atoms. The SMILES string of the molecule is CCc1ccccc1[P][P]c1ccccc1CC. The molecule has 0 unspecified atom stereocenters. The van der Waals surface area contributed by atoms with Gasteiger partial charge in [-0.25, -0.2) is 0 Å². The first-order chi connectivity index (χ1) is 8.85. The monoisotopic (exact) mass is 272 g/mol. The topological polar surface area (TPSA) is 0 Å².